The van der Waals surface area contributed by atoms with Crippen molar-refractivity contribution in [2.45, 2.75) is 12.8 Å². The highest BCUT2D eigenvalue weighted by atomic mass is 35.5. The zero-order chi connectivity index (χ0) is 24.5. The SMILES string of the molecule is C#CCCCOc1cc2ncnc(Nc3ccc(F)c(Cl)c3)c2cc1NC(=O)/C=C/CN(C)C. The Morgan fingerprint density at radius 1 is 1.29 bits per heavy atom. The standard InChI is InChI=1S/C25H25ClFN5O2/c1-4-5-6-12-34-23-15-21-18(14-22(23)31-24(33)8-7-11-32(2)3)25(29-16-28-21)30-17-9-10-20(27)19(26)13-17/h1,7-10,13-16H,5-6,11-12H2,2-3H3,(H,31,33)(H,28,29,30)/b8-7+. The normalized spacial score (nSPS) is 11.1. The fraction of sp³-hybridized carbons (Fsp3) is 0.240. The number of aromatic nitrogens is 2. The summed E-state index contributed by atoms with van der Waals surface area (Å²) in [6.07, 6.45) is 11.2. The molecular formula is C25H25ClFN5O2. The lowest BCUT2D eigenvalue weighted by Gasteiger charge is -2.15. The lowest BCUT2D eigenvalue weighted by atomic mass is 10.1. The third-order valence-corrected chi connectivity index (χ3v) is 4.93. The Hall–Kier alpha value is -3.67. The topological polar surface area (TPSA) is 79.4 Å². The molecule has 176 valence electrons. The van der Waals surface area contributed by atoms with Crippen LogP contribution in [0.1, 0.15) is 12.8 Å². The first-order valence-electron chi connectivity index (χ1n) is 10.6. The van der Waals surface area contributed by atoms with Gasteiger partial charge in [0.15, 0.2) is 0 Å². The lowest BCUT2D eigenvalue weighted by molar-refractivity contribution is -0.111. The van der Waals surface area contributed by atoms with E-state index in [0.717, 1.165) is 0 Å². The highest BCUT2D eigenvalue weighted by Gasteiger charge is 2.13. The number of nitrogens with one attached hydrogen (secondary N) is 2. The molecule has 0 atom stereocenters. The molecule has 0 spiro atoms. The van der Waals surface area contributed by atoms with Crippen molar-refractivity contribution in [1.82, 2.24) is 14.9 Å². The Balaban J connectivity index is 1.95. The van der Waals surface area contributed by atoms with Crippen molar-refractivity contribution in [1.29, 1.82) is 0 Å². The van der Waals surface area contributed by atoms with E-state index in [1.54, 1.807) is 24.3 Å². The van der Waals surface area contributed by atoms with Crippen LogP contribution in [0.3, 0.4) is 0 Å². The predicted octanol–water partition coefficient (Wildman–Crippen LogP) is 5.01. The van der Waals surface area contributed by atoms with Crippen LogP contribution in [0.25, 0.3) is 10.9 Å². The largest absolute Gasteiger partial charge is 0.491 e. The molecule has 0 fully saturated rings. The minimum Gasteiger partial charge on any atom is -0.491 e. The van der Waals surface area contributed by atoms with E-state index in [1.165, 1.54) is 24.5 Å². The van der Waals surface area contributed by atoms with Gasteiger partial charge in [-0.15, -0.1) is 12.3 Å². The highest BCUT2D eigenvalue weighted by Crippen LogP contribution is 2.34. The molecule has 0 bridgehead atoms. The van der Waals surface area contributed by atoms with E-state index in [9.17, 15) is 9.18 Å². The quantitative estimate of drug-likeness (QED) is 0.240. The summed E-state index contributed by atoms with van der Waals surface area (Å²) in [5.41, 5.74) is 1.61. The molecule has 0 aliphatic carbocycles. The molecule has 0 saturated carbocycles. The van der Waals surface area contributed by atoms with Crippen LogP contribution in [0.4, 0.5) is 21.6 Å². The Bertz CT molecular complexity index is 1240. The van der Waals surface area contributed by atoms with Crippen molar-refractivity contribution in [3.63, 3.8) is 0 Å². The minimum absolute atomic E-state index is 0.0107. The number of rotatable bonds is 10. The van der Waals surface area contributed by atoms with E-state index in [2.05, 4.69) is 26.5 Å². The number of unbranched alkanes of at least 4 members (excludes halogenated alkanes) is 1. The van der Waals surface area contributed by atoms with Crippen LogP contribution < -0.4 is 15.4 Å². The third-order valence-electron chi connectivity index (χ3n) is 4.64. The van der Waals surface area contributed by atoms with Gasteiger partial charge >= 0.3 is 0 Å². The molecule has 7 nitrogen and oxygen atoms in total. The number of hydrogen-bond acceptors (Lipinski definition) is 6. The summed E-state index contributed by atoms with van der Waals surface area (Å²) in [5.74, 6) is 2.69. The molecule has 2 N–H and O–H groups in total. The number of nitrogens with zero attached hydrogens (tertiary/aromatic N) is 3. The van der Waals surface area contributed by atoms with Crippen LogP contribution in [0, 0.1) is 18.2 Å². The average Bonchev–Trinajstić information content (AvgIpc) is 2.79. The molecule has 9 heteroatoms. The first kappa shape index (κ1) is 25.0. The van der Waals surface area contributed by atoms with Crippen LogP contribution in [0.5, 0.6) is 5.75 Å². The summed E-state index contributed by atoms with van der Waals surface area (Å²) < 4.78 is 19.4. The van der Waals surface area contributed by atoms with E-state index in [0.29, 0.717) is 59.8 Å². The van der Waals surface area contributed by atoms with Crippen molar-refractivity contribution >= 4 is 45.6 Å². The van der Waals surface area contributed by atoms with E-state index in [1.807, 2.05) is 19.0 Å². The number of anilines is 3. The Morgan fingerprint density at radius 2 is 2.12 bits per heavy atom. The predicted molar refractivity (Wildman–Crippen MR) is 134 cm³/mol. The van der Waals surface area contributed by atoms with Gasteiger partial charge < -0.3 is 20.3 Å². The Labute approximate surface area is 203 Å². The van der Waals surface area contributed by atoms with Gasteiger partial charge in [-0.05, 0) is 44.8 Å². The maximum absolute atomic E-state index is 13.5. The number of likely N-dealkylation sites (N-methyl/N-ethyl adjacent to an activating group) is 1. The number of fused-ring (bicyclic) bond motifs is 1. The number of hydrogen-bond donors (Lipinski definition) is 2. The Morgan fingerprint density at radius 3 is 2.85 bits per heavy atom. The van der Waals surface area contributed by atoms with Crippen molar-refractivity contribution in [3.8, 4) is 18.1 Å². The van der Waals surface area contributed by atoms with Crippen LogP contribution in [0.15, 0.2) is 48.8 Å². The first-order chi connectivity index (χ1) is 16.4. The molecule has 1 amide bonds. The van der Waals surface area contributed by atoms with Crippen LogP contribution in [-0.4, -0.2) is 48.0 Å². The van der Waals surface area contributed by atoms with Gasteiger partial charge in [0.2, 0.25) is 5.91 Å². The lowest BCUT2D eigenvalue weighted by Crippen LogP contribution is -2.13. The third kappa shape index (κ3) is 6.91. The summed E-state index contributed by atoms with van der Waals surface area (Å²) in [4.78, 5) is 23.1. The second kappa shape index (κ2) is 12.0. The maximum Gasteiger partial charge on any atom is 0.248 e. The number of amides is 1. The zero-order valence-corrected chi connectivity index (χ0v) is 19.7. The minimum atomic E-state index is -0.515. The Kier molecular flexibility index (Phi) is 8.79. The van der Waals surface area contributed by atoms with Gasteiger partial charge in [0.25, 0.3) is 0 Å². The summed E-state index contributed by atoms with van der Waals surface area (Å²) in [6, 6.07) is 7.75. The van der Waals surface area contributed by atoms with Gasteiger partial charge in [0.05, 0.1) is 22.8 Å². The molecule has 1 heterocycles. The summed E-state index contributed by atoms with van der Waals surface area (Å²) in [7, 11) is 3.83. The highest BCUT2D eigenvalue weighted by molar-refractivity contribution is 6.31. The first-order valence-corrected chi connectivity index (χ1v) is 10.9. The number of benzene rings is 2. The van der Waals surface area contributed by atoms with Crippen LogP contribution in [0.2, 0.25) is 5.02 Å². The van der Waals surface area contributed by atoms with E-state index in [4.69, 9.17) is 22.8 Å². The summed E-state index contributed by atoms with van der Waals surface area (Å²) in [5, 5.41) is 6.61. The molecule has 0 radical (unpaired) electrons. The average molecular weight is 482 g/mol. The van der Waals surface area contributed by atoms with Gasteiger partial charge in [0, 0.05) is 36.2 Å². The molecule has 3 aromatic rings. The second-order valence-electron chi connectivity index (χ2n) is 7.65. The number of carbonyl (C=O) groups excluding carboxylic acids is 1. The smallest absolute Gasteiger partial charge is 0.248 e. The molecule has 0 unspecified atom stereocenters. The molecule has 1 aromatic heterocycles. The molecule has 34 heavy (non-hydrogen) atoms. The molecular weight excluding hydrogens is 457 g/mol. The number of carbonyl (C=O) groups is 1. The van der Waals surface area contributed by atoms with Crippen molar-refractivity contribution in [2.75, 3.05) is 37.9 Å². The summed E-state index contributed by atoms with van der Waals surface area (Å²) in [6.45, 7) is 1.02. The zero-order valence-electron chi connectivity index (χ0n) is 18.9. The number of terminal acetylenes is 1. The van der Waals surface area contributed by atoms with Gasteiger partial charge in [-0.25, -0.2) is 14.4 Å². The number of ether oxygens (including phenoxy) is 1. The van der Waals surface area contributed by atoms with E-state index in [-0.39, 0.29) is 10.9 Å². The molecule has 0 saturated heterocycles. The van der Waals surface area contributed by atoms with Gasteiger partial charge in [-0.3, -0.25) is 4.79 Å². The molecule has 3 rings (SSSR count). The maximum atomic E-state index is 13.5. The molecule has 0 aliphatic heterocycles. The monoisotopic (exact) mass is 481 g/mol. The van der Waals surface area contributed by atoms with Crippen LogP contribution in [-0.2, 0) is 4.79 Å². The van der Waals surface area contributed by atoms with E-state index < -0.39 is 5.82 Å². The summed E-state index contributed by atoms with van der Waals surface area (Å²) >= 11 is 5.90. The van der Waals surface area contributed by atoms with Crippen molar-refractivity contribution in [3.05, 3.63) is 59.7 Å². The molecule has 2 aromatic carbocycles. The van der Waals surface area contributed by atoms with Gasteiger partial charge in [0.1, 0.15) is 23.7 Å². The molecule has 0 aliphatic rings. The second-order valence-corrected chi connectivity index (χ2v) is 8.06. The van der Waals surface area contributed by atoms with E-state index >= 15 is 0 Å². The van der Waals surface area contributed by atoms with Crippen molar-refractivity contribution < 1.29 is 13.9 Å². The van der Waals surface area contributed by atoms with Crippen molar-refractivity contribution in [2.24, 2.45) is 0 Å². The number of halogens is 2. The van der Waals surface area contributed by atoms with Crippen LogP contribution >= 0.6 is 11.6 Å². The fourth-order valence-corrected chi connectivity index (χ4v) is 3.19. The fourth-order valence-electron chi connectivity index (χ4n) is 3.01. The van der Waals surface area contributed by atoms with Gasteiger partial charge in [-0.1, -0.05) is 17.7 Å². The van der Waals surface area contributed by atoms with Gasteiger partial charge in [-0.2, -0.15) is 0 Å².